The average Bonchev–Trinajstić information content (AvgIpc) is 2.36. The molecule has 0 saturated heterocycles. The van der Waals surface area contributed by atoms with Gasteiger partial charge in [0.05, 0.1) is 5.92 Å². The highest BCUT2D eigenvalue weighted by molar-refractivity contribution is 5.94. The number of carboxylic acid groups (broad SMARTS) is 1. The normalized spacial score (nSPS) is 11.0. The molecule has 0 fully saturated rings. The second-order valence-corrected chi connectivity index (χ2v) is 4.04. The number of carbonyl (C=O) groups excluding carboxylic acids is 1. The van der Waals surface area contributed by atoms with E-state index in [1.807, 2.05) is 18.2 Å². The van der Waals surface area contributed by atoms with Crippen LogP contribution in [0.1, 0.15) is 12.5 Å². The van der Waals surface area contributed by atoms with Crippen LogP contribution < -0.4 is 0 Å². The molecular weight excluding hydrogens is 230 g/mol. The lowest BCUT2D eigenvalue weighted by Gasteiger charge is -2.16. The maximum absolute atomic E-state index is 11.6. The fourth-order valence-corrected chi connectivity index (χ4v) is 1.31. The number of benzene rings is 1. The van der Waals surface area contributed by atoms with Crippen molar-refractivity contribution in [1.29, 1.82) is 0 Å². The highest BCUT2D eigenvalue weighted by atomic mass is 16.4. The molecule has 0 aliphatic carbocycles. The van der Waals surface area contributed by atoms with Gasteiger partial charge in [-0.2, -0.15) is 0 Å². The molecule has 0 radical (unpaired) electrons. The van der Waals surface area contributed by atoms with Crippen LogP contribution in [0.2, 0.25) is 0 Å². The molecule has 1 N–H and O–H groups in total. The summed E-state index contributed by atoms with van der Waals surface area (Å²) in [5, 5.41) is 8.75. The van der Waals surface area contributed by atoms with Crippen molar-refractivity contribution >= 4 is 11.9 Å². The Hall–Kier alpha value is -2.28. The molecule has 4 heteroatoms. The smallest absolute Gasteiger partial charge is 0.308 e. The number of carboxylic acids is 1. The number of rotatable bonds is 3. The number of aliphatic carboxylic acids is 1. The van der Waals surface area contributed by atoms with Crippen molar-refractivity contribution in [2.24, 2.45) is 5.92 Å². The Morgan fingerprint density at radius 3 is 2.50 bits per heavy atom. The standard InChI is InChI=1S/C14H15NO3/c1-11(14(17)18)10-15(2)13(16)9-8-12-6-4-3-5-7-12/h3-7,11H,10H2,1-2H3,(H,17,18). The minimum absolute atomic E-state index is 0.150. The van der Waals surface area contributed by atoms with Crippen molar-refractivity contribution in [3.05, 3.63) is 35.9 Å². The predicted molar refractivity (Wildman–Crippen MR) is 67.8 cm³/mol. The summed E-state index contributed by atoms with van der Waals surface area (Å²) in [6, 6.07) is 9.16. The van der Waals surface area contributed by atoms with Crippen molar-refractivity contribution in [2.45, 2.75) is 6.92 Å². The molecule has 0 heterocycles. The third kappa shape index (κ3) is 4.30. The lowest BCUT2D eigenvalue weighted by Crippen LogP contribution is -2.32. The molecule has 1 rings (SSSR count). The zero-order valence-corrected chi connectivity index (χ0v) is 10.4. The lowest BCUT2D eigenvalue weighted by molar-refractivity contribution is -0.142. The quantitative estimate of drug-likeness (QED) is 0.814. The van der Waals surface area contributed by atoms with Crippen LogP contribution in [0.5, 0.6) is 0 Å². The van der Waals surface area contributed by atoms with Gasteiger partial charge in [-0.25, -0.2) is 0 Å². The van der Waals surface area contributed by atoms with E-state index in [1.165, 1.54) is 4.90 Å². The summed E-state index contributed by atoms with van der Waals surface area (Å²) in [6.45, 7) is 1.70. The molecule has 4 nitrogen and oxygen atoms in total. The Morgan fingerprint density at radius 1 is 1.33 bits per heavy atom. The molecule has 0 aliphatic heterocycles. The van der Waals surface area contributed by atoms with Gasteiger partial charge in [-0.3, -0.25) is 9.59 Å². The highest BCUT2D eigenvalue weighted by Gasteiger charge is 2.15. The fraction of sp³-hybridized carbons (Fsp3) is 0.286. The molecule has 1 aromatic carbocycles. The topological polar surface area (TPSA) is 57.6 Å². The van der Waals surface area contributed by atoms with Crippen LogP contribution in [0.3, 0.4) is 0 Å². The lowest BCUT2D eigenvalue weighted by atomic mass is 10.2. The summed E-state index contributed by atoms with van der Waals surface area (Å²) in [4.78, 5) is 23.6. The van der Waals surface area contributed by atoms with Gasteiger partial charge in [0.1, 0.15) is 0 Å². The third-order valence-electron chi connectivity index (χ3n) is 2.40. The van der Waals surface area contributed by atoms with Crippen LogP contribution in [0.15, 0.2) is 30.3 Å². The summed E-state index contributed by atoms with van der Waals surface area (Å²) in [5.41, 5.74) is 0.755. The number of nitrogens with zero attached hydrogens (tertiary/aromatic N) is 1. The van der Waals surface area contributed by atoms with Crippen molar-refractivity contribution in [3.63, 3.8) is 0 Å². The number of carbonyl (C=O) groups is 2. The van der Waals surface area contributed by atoms with Gasteiger partial charge in [0.2, 0.25) is 0 Å². The molecule has 0 aliphatic rings. The van der Waals surface area contributed by atoms with E-state index in [-0.39, 0.29) is 12.5 Å². The first kappa shape index (κ1) is 13.8. The van der Waals surface area contributed by atoms with E-state index in [0.717, 1.165) is 5.56 Å². The Morgan fingerprint density at radius 2 is 1.94 bits per heavy atom. The van der Waals surface area contributed by atoms with Crippen LogP contribution in [-0.4, -0.2) is 35.5 Å². The van der Waals surface area contributed by atoms with Crippen LogP contribution >= 0.6 is 0 Å². The van der Waals surface area contributed by atoms with Crippen molar-refractivity contribution < 1.29 is 14.7 Å². The zero-order chi connectivity index (χ0) is 13.5. The molecular formula is C14H15NO3. The van der Waals surface area contributed by atoms with Crippen molar-refractivity contribution in [2.75, 3.05) is 13.6 Å². The minimum Gasteiger partial charge on any atom is -0.481 e. The Kier molecular flexibility index (Phi) is 4.94. The van der Waals surface area contributed by atoms with Crippen LogP contribution in [0.4, 0.5) is 0 Å². The molecule has 0 saturated carbocycles. The van der Waals surface area contributed by atoms with Crippen LogP contribution in [0.25, 0.3) is 0 Å². The first-order valence-corrected chi connectivity index (χ1v) is 5.55. The van der Waals surface area contributed by atoms with Crippen molar-refractivity contribution in [1.82, 2.24) is 4.90 Å². The van der Waals surface area contributed by atoms with Crippen LogP contribution in [-0.2, 0) is 9.59 Å². The van der Waals surface area contributed by atoms with E-state index in [2.05, 4.69) is 11.8 Å². The molecule has 94 valence electrons. The minimum atomic E-state index is -0.925. The molecule has 1 aromatic rings. The van der Waals surface area contributed by atoms with E-state index in [0.29, 0.717) is 0 Å². The Labute approximate surface area is 106 Å². The molecule has 1 atom stereocenters. The molecule has 1 unspecified atom stereocenters. The molecule has 18 heavy (non-hydrogen) atoms. The molecule has 0 spiro atoms. The van der Waals surface area contributed by atoms with Crippen molar-refractivity contribution in [3.8, 4) is 11.8 Å². The van der Waals surface area contributed by atoms with Gasteiger partial charge in [-0.15, -0.1) is 0 Å². The van der Waals surface area contributed by atoms with E-state index in [1.54, 1.807) is 26.1 Å². The first-order chi connectivity index (χ1) is 8.50. The SMILES string of the molecule is CC(CN(C)C(=O)C#Cc1ccccc1)C(=O)O. The second kappa shape index (κ2) is 6.45. The van der Waals surface area contributed by atoms with Gasteiger partial charge >= 0.3 is 5.97 Å². The maximum Gasteiger partial charge on any atom is 0.308 e. The monoisotopic (exact) mass is 245 g/mol. The number of amides is 1. The van der Waals surface area contributed by atoms with E-state index in [4.69, 9.17) is 5.11 Å². The van der Waals surface area contributed by atoms with Gasteiger partial charge in [0, 0.05) is 25.1 Å². The molecule has 1 amide bonds. The third-order valence-corrected chi connectivity index (χ3v) is 2.40. The molecule has 0 bridgehead atoms. The van der Waals surface area contributed by atoms with Gasteiger partial charge in [0.25, 0.3) is 5.91 Å². The first-order valence-electron chi connectivity index (χ1n) is 5.55. The average molecular weight is 245 g/mol. The molecule has 0 aromatic heterocycles. The number of hydrogen-bond acceptors (Lipinski definition) is 2. The largest absolute Gasteiger partial charge is 0.481 e. The van der Waals surface area contributed by atoms with Gasteiger partial charge in [-0.05, 0) is 12.1 Å². The Balaban J connectivity index is 2.61. The predicted octanol–water partition coefficient (Wildman–Crippen LogP) is 1.22. The zero-order valence-electron chi connectivity index (χ0n) is 10.4. The maximum atomic E-state index is 11.6. The van der Waals surface area contributed by atoms with E-state index < -0.39 is 11.9 Å². The number of hydrogen-bond donors (Lipinski definition) is 1. The summed E-state index contributed by atoms with van der Waals surface area (Å²) in [6.07, 6.45) is 0. The summed E-state index contributed by atoms with van der Waals surface area (Å²) in [5.74, 6) is 3.32. The van der Waals surface area contributed by atoms with Gasteiger partial charge < -0.3 is 10.0 Å². The second-order valence-electron chi connectivity index (χ2n) is 4.04. The Bertz CT molecular complexity index is 485. The van der Waals surface area contributed by atoms with E-state index >= 15 is 0 Å². The van der Waals surface area contributed by atoms with E-state index in [9.17, 15) is 9.59 Å². The van der Waals surface area contributed by atoms with Gasteiger partial charge in [-0.1, -0.05) is 31.0 Å². The summed E-state index contributed by atoms with van der Waals surface area (Å²) < 4.78 is 0. The van der Waals surface area contributed by atoms with Crippen LogP contribution in [0, 0.1) is 17.8 Å². The summed E-state index contributed by atoms with van der Waals surface area (Å²) in [7, 11) is 1.54. The highest BCUT2D eigenvalue weighted by Crippen LogP contribution is 1.99. The fourth-order valence-electron chi connectivity index (χ4n) is 1.31. The summed E-state index contributed by atoms with van der Waals surface area (Å²) >= 11 is 0. The van der Waals surface area contributed by atoms with Gasteiger partial charge in [0.15, 0.2) is 0 Å².